The number of carbonyl (C=O) groups is 2. The quantitative estimate of drug-likeness (QED) is 0.645. The average Bonchev–Trinajstić information content (AvgIpc) is 2.60. The molecular formula is C19H23N3O3. The zero-order chi connectivity index (χ0) is 18.4. The maximum atomic E-state index is 12.4. The molecule has 2 aromatic rings. The molecule has 6 nitrogen and oxygen atoms in total. The molecule has 2 rings (SSSR count). The van der Waals surface area contributed by atoms with Crippen molar-refractivity contribution in [2.45, 2.75) is 33.1 Å². The van der Waals surface area contributed by atoms with E-state index >= 15 is 0 Å². The van der Waals surface area contributed by atoms with Crippen LogP contribution in [0.2, 0.25) is 0 Å². The molecule has 1 amide bonds. The van der Waals surface area contributed by atoms with E-state index in [1.54, 1.807) is 24.3 Å². The van der Waals surface area contributed by atoms with Crippen LogP contribution in [0.4, 0.5) is 0 Å². The van der Waals surface area contributed by atoms with E-state index < -0.39 is 11.4 Å². The topological polar surface area (TPSA) is 81.2 Å². The molecule has 25 heavy (non-hydrogen) atoms. The molecule has 0 saturated carbocycles. The second-order valence-corrected chi connectivity index (χ2v) is 6.73. The molecule has 1 N–H and O–H groups in total. The van der Waals surface area contributed by atoms with Crippen LogP contribution in [0.15, 0.2) is 42.9 Å². The van der Waals surface area contributed by atoms with Gasteiger partial charge in [0.15, 0.2) is 5.69 Å². The number of carbonyl (C=O) groups excluding carboxylic acids is 2. The smallest absolute Gasteiger partial charge is 0.363 e. The summed E-state index contributed by atoms with van der Waals surface area (Å²) in [6.07, 6.45) is 4.26. The van der Waals surface area contributed by atoms with Gasteiger partial charge in [-0.15, -0.1) is 0 Å². The summed E-state index contributed by atoms with van der Waals surface area (Å²) in [5.74, 6) is 0.167. The lowest BCUT2D eigenvalue weighted by molar-refractivity contribution is -0.125. The number of esters is 1. The van der Waals surface area contributed by atoms with Crippen LogP contribution in [0, 0.1) is 5.92 Å². The molecule has 0 spiro atoms. The van der Waals surface area contributed by atoms with Gasteiger partial charge in [0, 0.05) is 18.9 Å². The Bertz CT molecular complexity index is 725. The van der Waals surface area contributed by atoms with Crippen molar-refractivity contribution in [2.75, 3.05) is 6.54 Å². The first-order valence-corrected chi connectivity index (χ1v) is 8.17. The van der Waals surface area contributed by atoms with Gasteiger partial charge in [-0.25, -0.2) is 9.78 Å². The fourth-order valence-electron chi connectivity index (χ4n) is 2.15. The standard InChI is InChI=1S/C19H23N3O3/c1-13(2)11-22-18(24)19(3,4)14-5-7-15(8-6-14)25-17(23)16-12-20-9-10-21-16/h5-10,12-13H,11H2,1-4H3,(H,22,24). The number of hydrogen-bond acceptors (Lipinski definition) is 5. The molecule has 6 heteroatoms. The first kappa shape index (κ1) is 18.6. The lowest BCUT2D eigenvalue weighted by Crippen LogP contribution is -2.41. The van der Waals surface area contributed by atoms with Crippen LogP contribution in [-0.2, 0) is 10.2 Å². The van der Waals surface area contributed by atoms with Gasteiger partial charge < -0.3 is 10.1 Å². The molecule has 0 atom stereocenters. The van der Waals surface area contributed by atoms with E-state index in [1.807, 2.05) is 27.7 Å². The Hall–Kier alpha value is -2.76. The van der Waals surface area contributed by atoms with E-state index in [9.17, 15) is 9.59 Å². The molecule has 0 radical (unpaired) electrons. The molecular weight excluding hydrogens is 318 g/mol. The Balaban J connectivity index is 2.06. The number of nitrogens with zero attached hydrogens (tertiary/aromatic N) is 2. The highest BCUT2D eigenvalue weighted by Gasteiger charge is 2.29. The van der Waals surface area contributed by atoms with E-state index in [0.717, 1.165) is 5.56 Å². The third kappa shape index (κ3) is 4.86. The van der Waals surface area contributed by atoms with Gasteiger partial charge in [-0.2, -0.15) is 0 Å². The van der Waals surface area contributed by atoms with Gasteiger partial charge in [0.05, 0.1) is 11.6 Å². The molecule has 1 aromatic carbocycles. The average molecular weight is 341 g/mol. The molecule has 1 heterocycles. The summed E-state index contributed by atoms with van der Waals surface area (Å²) in [6, 6.07) is 6.91. The predicted octanol–water partition coefficient (Wildman–Crippen LogP) is 2.75. The number of benzene rings is 1. The summed E-state index contributed by atoms with van der Waals surface area (Å²) in [4.78, 5) is 32.1. The minimum Gasteiger partial charge on any atom is -0.422 e. The Morgan fingerprint density at radius 2 is 1.84 bits per heavy atom. The maximum absolute atomic E-state index is 12.4. The number of hydrogen-bond donors (Lipinski definition) is 1. The minimum absolute atomic E-state index is 0.0366. The van der Waals surface area contributed by atoms with Crippen molar-refractivity contribution in [2.24, 2.45) is 5.92 Å². The molecule has 132 valence electrons. The third-order valence-corrected chi connectivity index (χ3v) is 3.80. The van der Waals surface area contributed by atoms with Gasteiger partial charge in [-0.3, -0.25) is 9.78 Å². The number of nitrogens with one attached hydrogen (secondary N) is 1. The normalized spacial score (nSPS) is 11.2. The van der Waals surface area contributed by atoms with Crippen molar-refractivity contribution in [3.8, 4) is 5.75 Å². The van der Waals surface area contributed by atoms with Crippen molar-refractivity contribution in [1.29, 1.82) is 0 Å². The van der Waals surface area contributed by atoms with Crippen molar-refractivity contribution in [1.82, 2.24) is 15.3 Å². The predicted molar refractivity (Wildman–Crippen MR) is 94.3 cm³/mol. The van der Waals surface area contributed by atoms with E-state index in [2.05, 4.69) is 15.3 Å². The molecule has 1 aromatic heterocycles. The summed E-state index contributed by atoms with van der Waals surface area (Å²) < 4.78 is 5.27. The monoisotopic (exact) mass is 341 g/mol. The van der Waals surface area contributed by atoms with E-state index in [-0.39, 0.29) is 11.6 Å². The SMILES string of the molecule is CC(C)CNC(=O)C(C)(C)c1ccc(OC(=O)c2cnccn2)cc1. The molecule has 0 aliphatic carbocycles. The zero-order valence-corrected chi connectivity index (χ0v) is 14.9. The van der Waals surface area contributed by atoms with Crippen LogP contribution < -0.4 is 10.1 Å². The Morgan fingerprint density at radius 1 is 1.16 bits per heavy atom. The van der Waals surface area contributed by atoms with Crippen LogP contribution >= 0.6 is 0 Å². The highest BCUT2D eigenvalue weighted by molar-refractivity contribution is 5.89. The largest absolute Gasteiger partial charge is 0.422 e. The van der Waals surface area contributed by atoms with Crippen molar-refractivity contribution in [3.63, 3.8) is 0 Å². The number of aromatic nitrogens is 2. The fourth-order valence-corrected chi connectivity index (χ4v) is 2.15. The number of rotatable bonds is 6. The van der Waals surface area contributed by atoms with Gasteiger partial charge in [-0.1, -0.05) is 26.0 Å². The minimum atomic E-state index is -0.678. The lowest BCUT2D eigenvalue weighted by Gasteiger charge is -2.25. The fraction of sp³-hybridized carbons (Fsp3) is 0.368. The summed E-state index contributed by atoms with van der Waals surface area (Å²) in [5.41, 5.74) is 0.301. The van der Waals surface area contributed by atoms with Crippen LogP contribution in [0.3, 0.4) is 0 Å². The molecule has 0 fully saturated rings. The van der Waals surface area contributed by atoms with Gasteiger partial charge in [0.25, 0.3) is 0 Å². The number of ether oxygens (including phenoxy) is 1. The zero-order valence-electron chi connectivity index (χ0n) is 14.9. The second kappa shape index (κ2) is 7.88. The van der Waals surface area contributed by atoms with Crippen LogP contribution in [-0.4, -0.2) is 28.4 Å². The summed E-state index contributed by atoms with van der Waals surface area (Å²) >= 11 is 0. The van der Waals surface area contributed by atoms with Crippen molar-refractivity contribution in [3.05, 3.63) is 54.1 Å². The van der Waals surface area contributed by atoms with Crippen molar-refractivity contribution >= 4 is 11.9 Å². The summed E-state index contributed by atoms with van der Waals surface area (Å²) in [5, 5.41) is 2.95. The number of amides is 1. The highest BCUT2D eigenvalue weighted by atomic mass is 16.5. The third-order valence-electron chi connectivity index (χ3n) is 3.80. The summed E-state index contributed by atoms with van der Waals surface area (Å²) in [6.45, 7) is 8.46. The first-order chi connectivity index (χ1) is 11.8. The first-order valence-electron chi connectivity index (χ1n) is 8.17. The Morgan fingerprint density at radius 3 is 2.40 bits per heavy atom. The Kier molecular flexibility index (Phi) is 5.85. The van der Waals surface area contributed by atoms with E-state index in [0.29, 0.717) is 18.2 Å². The molecule has 0 aliphatic rings. The van der Waals surface area contributed by atoms with E-state index in [4.69, 9.17) is 4.74 Å². The Labute approximate surface area is 147 Å². The van der Waals surface area contributed by atoms with Gasteiger partial charge in [0.1, 0.15) is 5.75 Å². The van der Waals surface area contributed by atoms with Gasteiger partial charge in [-0.05, 0) is 37.5 Å². The van der Waals surface area contributed by atoms with Gasteiger partial charge >= 0.3 is 5.97 Å². The summed E-state index contributed by atoms with van der Waals surface area (Å²) in [7, 11) is 0. The molecule has 0 aliphatic heterocycles. The van der Waals surface area contributed by atoms with E-state index in [1.165, 1.54) is 18.6 Å². The molecule has 0 saturated heterocycles. The second-order valence-electron chi connectivity index (χ2n) is 6.73. The molecule has 0 bridgehead atoms. The van der Waals surface area contributed by atoms with Gasteiger partial charge in [0.2, 0.25) is 5.91 Å². The van der Waals surface area contributed by atoms with Crippen LogP contribution in [0.5, 0.6) is 5.75 Å². The van der Waals surface area contributed by atoms with Crippen LogP contribution in [0.25, 0.3) is 0 Å². The van der Waals surface area contributed by atoms with Crippen molar-refractivity contribution < 1.29 is 14.3 Å². The maximum Gasteiger partial charge on any atom is 0.363 e. The van der Waals surface area contributed by atoms with Crippen LogP contribution in [0.1, 0.15) is 43.7 Å². The highest BCUT2D eigenvalue weighted by Crippen LogP contribution is 2.26. The lowest BCUT2D eigenvalue weighted by atomic mass is 9.83. The molecule has 0 unspecified atom stereocenters.